The number of hydrogen-bond donors (Lipinski definition) is 0. The molecule has 0 saturated carbocycles. The fourth-order valence-electron chi connectivity index (χ4n) is 2.37. The summed E-state index contributed by atoms with van der Waals surface area (Å²) in [6, 6.07) is 16.2. The Labute approximate surface area is 139 Å². The second kappa shape index (κ2) is 7.42. The van der Waals surface area contributed by atoms with Crippen molar-refractivity contribution in [1.29, 1.82) is 0 Å². The van der Waals surface area contributed by atoms with Crippen molar-refractivity contribution in [2.75, 3.05) is 0 Å². The van der Waals surface area contributed by atoms with E-state index < -0.39 is 23.1 Å². The van der Waals surface area contributed by atoms with E-state index in [2.05, 4.69) is 0 Å². The van der Waals surface area contributed by atoms with Crippen molar-refractivity contribution in [2.24, 2.45) is 0 Å². The van der Waals surface area contributed by atoms with Crippen LogP contribution in [0.15, 0.2) is 71.8 Å². The van der Waals surface area contributed by atoms with Crippen LogP contribution in [-0.4, -0.2) is 23.1 Å². The summed E-state index contributed by atoms with van der Waals surface area (Å²) in [4.78, 5) is 49.5. The predicted molar refractivity (Wildman–Crippen MR) is 89.9 cm³/mol. The Morgan fingerprint density at radius 3 is 1.08 bits per heavy atom. The van der Waals surface area contributed by atoms with Crippen LogP contribution >= 0.6 is 0 Å². The van der Waals surface area contributed by atoms with Crippen LogP contribution in [0.4, 0.5) is 0 Å². The highest BCUT2D eigenvalue weighted by molar-refractivity contribution is 6.37. The summed E-state index contributed by atoms with van der Waals surface area (Å²) < 4.78 is 0. The van der Waals surface area contributed by atoms with Crippen LogP contribution in [0.5, 0.6) is 0 Å². The Morgan fingerprint density at radius 2 is 0.833 bits per heavy atom. The quantitative estimate of drug-likeness (QED) is 0.355. The Bertz CT molecular complexity index is 759. The van der Waals surface area contributed by atoms with Gasteiger partial charge in [-0.25, -0.2) is 0 Å². The van der Waals surface area contributed by atoms with E-state index in [0.29, 0.717) is 0 Å². The Balaban J connectivity index is 2.65. The van der Waals surface area contributed by atoms with E-state index >= 15 is 0 Å². The lowest BCUT2D eigenvalue weighted by Crippen LogP contribution is -2.22. The number of Topliss-reactive ketones (excluding diaryl/α,β-unsaturated/α-hetero) is 4. The maximum Gasteiger partial charge on any atom is 0.197 e. The molecule has 0 aromatic heterocycles. The zero-order chi connectivity index (χ0) is 17.7. The van der Waals surface area contributed by atoms with Crippen LogP contribution < -0.4 is 0 Å². The van der Waals surface area contributed by atoms with Gasteiger partial charge in [0.15, 0.2) is 23.1 Å². The molecule has 0 heterocycles. The minimum Gasteiger partial charge on any atom is -0.294 e. The van der Waals surface area contributed by atoms with Gasteiger partial charge in [-0.05, 0) is 13.8 Å². The first-order valence-electron chi connectivity index (χ1n) is 7.39. The molecular weight excluding hydrogens is 304 g/mol. The van der Waals surface area contributed by atoms with Crippen LogP contribution in [-0.2, 0) is 9.59 Å². The summed E-state index contributed by atoms with van der Waals surface area (Å²) in [5, 5.41) is 0. The molecule has 0 N–H and O–H groups in total. The molecule has 0 spiro atoms. The van der Waals surface area contributed by atoms with Crippen molar-refractivity contribution in [3.63, 3.8) is 0 Å². The van der Waals surface area contributed by atoms with Crippen molar-refractivity contribution in [3.05, 3.63) is 82.9 Å². The fraction of sp³-hybridized carbons (Fsp3) is 0.100. The lowest BCUT2D eigenvalue weighted by atomic mass is 9.89. The van der Waals surface area contributed by atoms with Gasteiger partial charge in [0.2, 0.25) is 0 Å². The maximum absolute atomic E-state index is 12.7. The van der Waals surface area contributed by atoms with Gasteiger partial charge in [0.1, 0.15) is 0 Å². The molecule has 0 amide bonds. The molecule has 2 rings (SSSR count). The molecule has 120 valence electrons. The minimum absolute atomic E-state index is 0.252. The van der Waals surface area contributed by atoms with Gasteiger partial charge in [0, 0.05) is 11.1 Å². The van der Waals surface area contributed by atoms with E-state index in [1.54, 1.807) is 36.4 Å². The summed E-state index contributed by atoms with van der Waals surface area (Å²) in [7, 11) is 0. The van der Waals surface area contributed by atoms with Gasteiger partial charge in [-0.15, -0.1) is 0 Å². The van der Waals surface area contributed by atoms with Crippen molar-refractivity contribution in [2.45, 2.75) is 13.8 Å². The predicted octanol–water partition coefficient (Wildman–Crippen LogP) is 3.23. The second-order valence-corrected chi connectivity index (χ2v) is 5.25. The van der Waals surface area contributed by atoms with Gasteiger partial charge < -0.3 is 0 Å². The number of hydrogen-bond acceptors (Lipinski definition) is 4. The van der Waals surface area contributed by atoms with Crippen LogP contribution in [0.25, 0.3) is 0 Å². The minimum atomic E-state index is -0.627. The van der Waals surface area contributed by atoms with Crippen molar-refractivity contribution < 1.29 is 19.2 Å². The first-order valence-corrected chi connectivity index (χ1v) is 7.39. The van der Waals surface area contributed by atoms with E-state index in [1.165, 1.54) is 38.1 Å². The third-order valence-electron chi connectivity index (χ3n) is 3.48. The van der Waals surface area contributed by atoms with Crippen LogP contribution in [0.1, 0.15) is 34.6 Å². The Kier molecular flexibility index (Phi) is 5.32. The summed E-state index contributed by atoms with van der Waals surface area (Å²) in [5.74, 6) is -2.48. The standard InChI is InChI=1S/C20H16O4/c1-13(21)17(19(23)15-9-5-3-6-10-15)18(14(2)22)20(24)16-11-7-4-8-12-16/h3-12H,1-2H3/b18-17+. The van der Waals surface area contributed by atoms with Crippen molar-refractivity contribution >= 4 is 23.1 Å². The van der Waals surface area contributed by atoms with Gasteiger partial charge in [-0.3, -0.25) is 19.2 Å². The molecule has 0 saturated heterocycles. The molecule has 0 radical (unpaired) electrons. The molecular formula is C20H16O4. The van der Waals surface area contributed by atoms with Crippen LogP contribution in [0.2, 0.25) is 0 Å². The molecule has 2 aromatic carbocycles. The highest BCUT2D eigenvalue weighted by Gasteiger charge is 2.28. The first kappa shape index (κ1) is 17.2. The Morgan fingerprint density at radius 1 is 0.542 bits per heavy atom. The number of benzene rings is 2. The molecule has 2 aromatic rings. The Hall–Kier alpha value is -3.14. The number of carbonyl (C=O) groups is 4. The lowest BCUT2D eigenvalue weighted by molar-refractivity contribution is -0.115. The summed E-state index contributed by atoms with van der Waals surface area (Å²) in [5.41, 5.74) is -0.241. The molecule has 0 unspecified atom stereocenters. The molecule has 4 heteroatoms. The van der Waals surface area contributed by atoms with Crippen molar-refractivity contribution in [1.82, 2.24) is 0 Å². The monoisotopic (exact) mass is 320 g/mol. The maximum atomic E-state index is 12.7. The summed E-state index contributed by atoms with van der Waals surface area (Å²) >= 11 is 0. The third kappa shape index (κ3) is 3.60. The fourth-order valence-corrected chi connectivity index (χ4v) is 2.37. The molecule has 0 fully saturated rings. The van der Waals surface area contributed by atoms with Crippen LogP contribution in [0.3, 0.4) is 0 Å². The third-order valence-corrected chi connectivity index (χ3v) is 3.48. The average molecular weight is 320 g/mol. The number of carbonyl (C=O) groups excluding carboxylic acids is 4. The largest absolute Gasteiger partial charge is 0.294 e. The van der Waals surface area contributed by atoms with E-state index in [4.69, 9.17) is 0 Å². The number of ketones is 4. The second-order valence-electron chi connectivity index (χ2n) is 5.25. The van der Waals surface area contributed by atoms with Crippen LogP contribution in [0, 0.1) is 0 Å². The molecule has 0 atom stereocenters. The summed E-state index contributed by atoms with van der Waals surface area (Å²) in [6.07, 6.45) is 0. The lowest BCUT2D eigenvalue weighted by Gasteiger charge is -2.10. The number of rotatable bonds is 6. The molecule has 0 aliphatic carbocycles. The first-order chi connectivity index (χ1) is 11.4. The highest BCUT2D eigenvalue weighted by atomic mass is 16.2. The topological polar surface area (TPSA) is 68.3 Å². The van der Waals surface area contributed by atoms with E-state index in [-0.39, 0.29) is 22.3 Å². The highest BCUT2D eigenvalue weighted by Crippen LogP contribution is 2.19. The average Bonchev–Trinajstić information content (AvgIpc) is 2.59. The van der Waals surface area contributed by atoms with E-state index in [1.807, 2.05) is 0 Å². The van der Waals surface area contributed by atoms with Gasteiger partial charge in [-0.1, -0.05) is 60.7 Å². The zero-order valence-electron chi connectivity index (χ0n) is 13.4. The smallest absolute Gasteiger partial charge is 0.197 e. The van der Waals surface area contributed by atoms with Crippen molar-refractivity contribution in [3.8, 4) is 0 Å². The van der Waals surface area contributed by atoms with Gasteiger partial charge in [-0.2, -0.15) is 0 Å². The number of allylic oxidation sites excluding steroid dienone is 2. The summed E-state index contributed by atoms with van der Waals surface area (Å²) in [6.45, 7) is 2.36. The van der Waals surface area contributed by atoms with Gasteiger partial charge in [0.25, 0.3) is 0 Å². The van der Waals surface area contributed by atoms with E-state index in [9.17, 15) is 19.2 Å². The van der Waals surface area contributed by atoms with Gasteiger partial charge >= 0.3 is 0 Å². The molecule has 0 aliphatic rings. The molecule has 0 aliphatic heterocycles. The molecule has 0 bridgehead atoms. The molecule has 4 nitrogen and oxygen atoms in total. The SMILES string of the molecule is CC(=O)/C(C(=O)c1ccccc1)=C(/C(C)=O)C(=O)c1ccccc1. The zero-order valence-corrected chi connectivity index (χ0v) is 13.4. The molecule has 24 heavy (non-hydrogen) atoms. The normalized spacial score (nSPS) is 11.4. The van der Waals surface area contributed by atoms with E-state index in [0.717, 1.165) is 0 Å². The van der Waals surface area contributed by atoms with Gasteiger partial charge in [0.05, 0.1) is 11.1 Å².